The summed E-state index contributed by atoms with van der Waals surface area (Å²) < 4.78 is 5.11. The van der Waals surface area contributed by atoms with Gasteiger partial charge in [-0.25, -0.2) is 5.43 Å². The van der Waals surface area contributed by atoms with E-state index in [9.17, 15) is 19.7 Å². The molecular formula is C24H22N4O5. The van der Waals surface area contributed by atoms with Crippen LogP contribution in [-0.2, 0) is 11.2 Å². The van der Waals surface area contributed by atoms with Crippen LogP contribution in [0.4, 0.5) is 11.4 Å². The molecule has 3 aromatic carbocycles. The molecule has 0 saturated heterocycles. The number of non-ortho nitro benzene ring substituents is 1. The van der Waals surface area contributed by atoms with E-state index in [1.807, 2.05) is 12.1 Å². The molecule has 0 heterocycles. The molecule has 2 N–H and O–H groups in total. The van der Waals surface area contributed by atoms with Gasteiger partial charge in [0.25, 0.3) is 11.6 Å². The Balaban J connectivity index is 1.57. The number of hydrazone groups is 1. The minimum absolute atomic E-state index is 0.135. The summed E-state index contributed by atoms with van der Waals surface area (Å²) in [5.41, 5.74) is 5.12. The van der Waals surface area contributed by atoms with Gasteiger partial charge in [-0.05, 0) is 48.4 Å². The molecule has 168 valence electrons. The van der Waals surface area contributed by atoms with Gasteiger partial charge in [-0.3, -0.25) is 19.7 Å². The molecule has 0 spiro atoms. The van der Waals surface area contributed by atoms with Crippen LogP contribution in [0, 0.1) is 10.1 Å². The summed E-state index contributed by atoms with van der Waals surface area (Å²) in [7, 11) is 1.59. The van der Waals surface area contributed by atoms with Crippen molar-refractivity contribution >= 4 is 28.9 Å². The molecule has 0 aromatic heterocycles. The number of amides is 2. The average Bonchev–Trinajstić information content (AvgIpc) is 2.83. The second-order valence-electron chi connectivity index (χ2n) is 7.10. The van der Waals surface area contributed by atoms with E-state index in [1.54, 1.807) is 50.4 Å². The Labute approximate surface area is 190 Å². The van der Waals surface area contributed by atoms with Crippen molar-refractivity contribution in [1.82, 2.24) is 5.43 Å². The third-order valence-electron chi connectivity index (χ3n) is 4.75. The summed E-state index contributed by atoms with van der Waals surface area (Å²) >= 11 is 0. The highest BCUT2D eigenvalue weighted by Gasteiger charge is 2.11. The van der Waals surface area contributed by atoms with Gasteiger partial charge in [0.1, 0.15) is 5.75 Å². The van der Waals surface area contributed by atoms with Gasteiger partial charge in [-0.2, -0.15) is 5.10 Å². The van der Waals surface area contributed by atoms with Gasteiger partial charge in [0, 0.05) is 23.4 Å². The molecular weight excluding hydrogens is 424 g/mol. The van der Waals surface area contributed by atoms with E-state index in [-0.39, 0.29) is 23.6 Å². The molecule has 0 aliphatic rings. The lowest BCUT2D eigenvalue weighted by Crippen LogP contribution is -2.19. The summed E-state index contributed by atoms with van der Waals surface area (Å²) in [4.78, 5) is 34.8. The van der Waals surface area contributed by atoms with E-state index in [0.29, 0.717) is 11.4 Å². The highest BCUT2D eigenvalue weighted by atomic mass is 16.6. The molecule has 3 aromatic rings. The van der Waals surface area contributed by atoms with Crippen LogP contribution in [0.5, 0.6) is 5.75 Å². The summed E-state index contributed by atoms with van der Waals surface area (Å²) in [6.07, 6.45) is 0.232. The zero-order valence-electron chi connectivity index (χ0n) is 18.1. The smallest absolute Gasteiger partial charge is 0.271 e. The Kier molecular flexibility index (Phi) is 7.48. The zero-order valence-corrected chi connectivity index (χ0v) is 18.1. The molecule has 2 amide bonds. The molecule has 0 fully saturated rings. The number of carbonyl (C=O) groups is 2. The molecule has 0 aliphatic heterocycles. The van der Waals surface area contributed by atoms with Crippen molar-refractivity contribution in [2.45, 2.75) is 13.3 Å². The van der Waals surface area contributed by atoms with Crippen LogP contribution >= 0.6 is 0 Å². The fourth-order valence-electron chi connectivity index (χ4n) is 2.95. The van der Waals surface area contributed by atoms with Gasteiger partial charge < -0.3 is 10.1 Å². The summed E-state index contributed by atoms with van der Waals surface area (Å²) in [6, 6.07) is 19.7. The number of nitrogens with one attached hydrogen (secondary N) is 2. The van der Waals surface area contributed by atoms with Gasteiger partial charge in [0.15, 0.2) is 0 Å². The number of benzene rings is 3. The lowest BCUT2D eigenvalue weighted by molar-refractivity contribution is -0.384. The average molecular weight is 446 g/mol. The standard InChI is InChI=1S/C24H22N4O5/c1-16(26-27-24(30)19-4-3-5-21(15-19)28(31)32)18-8-10-20(11-9-18)25-23(29)14-17-6-12-22(33-2)13-7-17/h3-13,15H,14H2,1-2H3,(H,25,29)(H,27,30). The second kappa shape index (κ2) is 10.7. The maximum absolute atomic E-state index is 12.3. The van der Waals surface area contributed by atoms with Crippen molar-refractivity contribution in [3.05, 3.63) is 99.6 Å². The molecule has 0 radical (unpaired) electrons. The Morgan fingerprint density at radius 2 is 1.70 bits per heavy atom. The van der Waals surface area contributed by atoms with Crippen molar-refractivity contribution in [1.29, 1.82) is 0 Å². The number of hydrogen-bond acceptors (Lipinski definition) is 6. The predicted octanol–water partition coefficient (Wildman–Crippen LogP) is 3.94. The van der Waals surface area contributed by atoms with E-state index < -0.39 is 10.8 Å². The minimum Gasteiger partial charge on any atom is -0.497 e. The van der Waals surface area contributed by atoms with Crippen LogP contribution in [0.2, 0.25) is 0 Å². The van der Waals surface area contributed by atoms with Crippen molar-refractivity contribution in [2.24, 2.45) is 5.10 Å². The van der Waals surface area contributed by atoms with E-state index in [2.05, 4.69) is 15.8 Å². The van der Waals surface area contributed by atoms with Gasteiger partial charge in [-0.1, -0.05) is 30.3 Å². The van der Waals surface area contributed by atoms with Crippen LogP contribution in [-0.4, -0.2) is 29.6 Å². The van der Waals surface area contributed by atoms with Gasteiger partial charge in [-0.15, -0.1) is 0 Å². The van der Waals surface area contributed by atoms with E-state index in [1.165, 1.54) is 24.3 Å². The number of methoxy groups -OCH3 is 1. The number of rotatable bonds is 8. The Hall–Kier alpha value is -4.53. The molecule has 3 rings (SSSR count). The lowest BCUT2D eigenvalue weighted by atomic mass is 10.1. The van der Waals surface area contributed by atoms with Gasteiger partial charge in [0.2, 0.25) is 5.91 Å². The van der Waals surface area contributed by atoms with Gasteiger partial charge >= 0.3 is 0 Å². The van der Waals surface area contributed by atoms with E-state index in [0.717, 1.165) is 16.9 Å². The van der Waals surface area contributed by atoms with E-state index >= 15 is 0 Å². The number of hydrogen-bond donors (Lipinski definition) is 2. The summed E-state index contributed by atoms with van der Waals surface area (Å²) in [5, 5.41) is 17.7. The summed E-state index contributed by atoms with van der Waals surface area (Å²) in [6.45, 7) is 1.71. The molecule has 33 heavy (non-hydrogen) atoms. The van der Waals surface area contributed by atoms with Crippen molar-refractivity contribution < 1.29 is 19.2 Å². The van der Waals surface area contributed by atoms with Gasteiger partial charge in [0.05, 0.1) is 24.2 Å². The quantitative estimate of drug-likeness (QED) is 0.308. The van der Waals surface area contributed by atoms with Crippen LogP contribution in [0.1, 0.15) is 28.4 Å². The zero-order chi connectivity index (χ0) is 23.8. The Morgan fingerprint density at radius 3 is 2.33 bits per heavy atom. The third kappa shape index (κ3) is 6.47. The molecule has 9 nitrogen and oxygen atoms in total. The van der Waals surface area contributed by atoms with Crippen LogP contribution in [0.15, 0.2) is 77.9 Å². The number of ether oxygens (including phenoxy) is 1. The highest BCUT2D eigenvalue weighted by molar-refractivity contribution is 6.01. The van der Waals surface area contributed by atoms with Crippen LogP contribution in [0.25, 0.3) is 0 Å². The number of anilines is 1. The number of nitro benzene ring substituents is 1. The van der Waals surface area contributed by atoms with Crippen molar-refractivity contribution in [3.8, 4) is 5.75 Å². The fourth-order valence-corrected chi connectivity index (χ4v) is 2.95. The second-order valence-corrected chi connectivity index (χ2v) is 7.10. The number of nitro groups is 1. The first-order valence-corrected chi connectivity index (χ1v) is 9.98. The largest absolute Gasteiger partial charge is 0.497 e. The normalized spacial score (nSPS) is 10.9. The number of nitrogens with zero attached hydrogens (tertiary/aromatic N) is 2. The molecule has 0 aliphatic carbocycles. The Morgan fingerprint density at radius 1 is 1.00 bits per heavy atom. The summed E-state index contributed by atoms with van der Waals surface area (Å²) in [5.74, 6) is 0.0241. The third-order valence-corrected chi connectivity index (χ3v) is 4.75. The van der Waals surface area contributed by atoms with Crippen molar-refractivity contribution in [3.63, 3.8) is 0 Å². The predicted molar refractivity (Wildman–Crippen MR) is 125 cm³/mol. The molecule has 0 saturated carbocycles. The molecule has 0 bridgehead atoms. The van der Waals surface area contributed by atoms with Crippen LogP contribution in [0.3, 0.4) is 0 Å². The first kappa shape index (κ1) is 23.1. The highest BCUT2D eigenvalue weighted by Crippen LogP contribution is 2.15. The first-order chi connectivity index (χ1) is 15.9. The minimum atomic E-state index is -0.567. The fraction of sp³-hybridized carbons (Fsp3) is 0.125. The van der Waals surface area contributed by atoms with Crippen molar-refractivity contribution in [2.75, 3.05) is 12.4 Å². The lowest BCUT2D eigenvalue weighted by Gasteiger charge is -2.08. The maximum Gasteiger partial charge on any atom is 0.271 e. The molecule has 0 unspecified atom stereocenters. The number of carbonyl (C=O) groups excluding carboxylic acids is 2. The SMILES string of the molecule is COc1ccc(CC(=O)Nc2ccc(C(C)=NNC(=O)c3cccc([N+](=O)[O-])c3)cc2)cc1. The van der Waals surface area contributed by atoms with E-state index in [4.69, 9.17) is 4.74 Å². The maximum atomic E-state index is 12.3. The molecule has 0 atom stereocenters. The first-order valence-electron chi connectivity index (χ1n) is 9.98. The monoisotopic (exact) mass is 446 g/mol. The Bertz CT molecular complexity index is 1190. The topological polar surface area (TPSA) is 123 Å². The van der Waals surface area contributed by atoms with Crippen LogP contribution < -0.4 is 15.5 Å². The molecule has 9 heteroatoms.